The maximum atomic E-state index is 4.94. The molecule has 0 saturated carbocycles. The molecule has 0 aromatic carbocycles. The molecule has 0 atom stereocenters. The fraction of sp³-hybridized carbons (Fsp3) is 0.167. The first kappa shape index (κ1) is 11.4. The molecular formula is C12H12N6O. The molecule has 0 spiro atoms. The van der Waals surface area contributed by atoms with Crippen molar-refractivity contribution in [3.8, 4) is 11.5 Å². The van der Waals surface area contributed by atoms with Gasteiger partial charge in [-0.15, -0.1) is 0 Å². The van der Waals surface area contributed by atoms with Gasteiger partial charge in [-0.25, -0.2) is 4.98 Å². The summed E-state index contributed by atoms with van der Waals surface area (Å²) in [4.78, 5) is 8.34. The molecule has 19 heavy (non-hydrogen) atoms. The van der Waals surface area contributed by atoms with E-state index in [0.29, 0.717) is 17.4 Å². The number of hydrogen-bond acceptors (Lipinski definition) is 6. The first-order valence-corrected chi connectivity index (χ1v) is 5.75. The molecule has 3 aromatic rings. The number of aryl methyl sites for hydroxylation is 2. The Morgan fingerprint density at radius 2 is 2.21 bits per heavy atom. The number of pyridine rings is 1. The summed E-state index contributed by atoms with van der Waals surface area (Å²) in [6, 6.07) is 7.50. The van der Waals surface area contributed by atoms with Gasteiger partial charge in [-0.05, 0) is 12.1 Å². The standard InChI is InChI=1S/C12H12N6O/c1-8-14-12(17-19-8)9-7-11(18(2)16-9)15-10-5-3-4-6-13-10/h3-7H,1-2H3,(H,13,15). The summed E-state index contributed by atoms with van der Waals surface area (Å²) in [7, 11) is 1.84. The van der Waals surface area contributed by atoms with Gasteiger partial charge in [0.05, 0.1) is 0 Å². The van der Waals surface area contributed by atoms with Gasteiger partial charge >= 0.3 is 0 Å². The summed E-state index contributed by atoms with van der Waals surface area (Å²) in [5.74, 6) is 2.54. The van der Waals surface area contributed by atoms with Crippen LogP contribution in [0.15, 0.2) is 35.0 Å². The van der Waals surface area contributed by atoms with Gasteiger partial charge in [-0.2, -0.15) is 10.1 Å². The van der Waals surface area contributed by atoms with E-state index in [9.17, 15) is 0 Å². The molecule has 3 rings (SSSR count). The second-order valence-electron chi connectivity index (χ2n) is 4.02. The Morgan fingerprint density at radius 3 is 2.89 bits per heavy atom. The molecule has 96 valence electrons. The van der Waals surface area contributed by atoms with Gasteiger partial charge in [0.15, 0.2) is 0 Å². The molecule has 1 N–H and O–H groups in total. The highest BCUT2D eigenvalue weighted by Crippen LogP contribution is 2.20. The fourth-order valence-corrected chi connectivity index (χ4v) is 1.66. The van der Waals surface area contributed by atoms with Gasteiger partial charge in [-0.3, -0.25) is 4.68 Å². The van der Waals surface area contributed by atoms with Crippen LogP contribution in [0.5, 0.6) is 0 Å². The number of hydrogen-bond donors (Lipinski definition) is 1. The van der Waals surface area contributed by atoms with E-state index in [-0.39, 0.29) is 0 Å². The van der Waals surface area contributed by atoms with Gasteiger partial charge in [0.2, 0.25) is 11.7 Å². The van der Waals surface area contributed by atoms with E-state index < -0.39 is 0 Å². The molecule has 0 saturated heterocycles. The maximum Gasteiger partial charge on any atom is 0.223 e. The molecule has 0 fully saturated rings. The van der Waals surface area contributed by atoms with E-state index in [1.165, 1.54) is 0 Å². The fourth-order valence-electron chi connectivity index (χ4n) is 1.66. The summed E-state index contributed by atoms with van der Waals surface area (Å²) in [6.45, 7) is 1.74. The van der Waals surface area contributed by atoms with Gasteiger partial charge in [0, 0.05) is 26.2 Å². The normalized spacial score (nSPS) is 10.6. The van der Waals surface area contributed by atoms with Crippen LogP contribution in [0.4, 0.5) is 11.6 Å². The van der Waals surface area contributed by atoms with Crippen molar-refractivity contribution in [3.05, 3.63) is 36.4 Å². The molecule has 0 aliphatic heterocycles. The van der Waals surface area contributed by atoms with E-state index in [2.05, 4.69) is 25.5 Å². The summed E-state index contributed by atoms with van der Waals surface area (Å²) >= 11 is 0. The quantitative estimate of drug-likeness (QED) is 0.771. The predicted octanol–water partition coefficient (Wildman–Crippen LogP) is 1.92. The van der Waals surface area contributed by atoms with Crippen LogP contribution in [0.1, 0.15) is 5.89 Å². The van der Waals surface area contributed by atoms with Crippen molar-refractivity contribution < 1.29 is 4.52 Å². The summed E-state index contributed by atoms with van der Waals surface area (Å²) < 4.78 is 6.65. The molecule has 0 radical (unpaired) electrons. The van der Waals surface area contributed by atoms with Crippen molar-refractivity contribution in [3.63, 3.8) is 0 Å². The van der Waals surface area contributed by atoms with Crippen LogP contribution in [-0.2, 0) is 7.05 Å². The van der Waals surface area contributed by atoms with Crippen LogP contribution in [0, 0.1) is 6.92 Å². The van der Waals surface area contributed by atoms with Crippen LogP contribution >= 0.6 is 0 Å². The second-order valence-corrected chi connectivity index (χ2v) is 4.02. The van der Waals surface area contributed by atoms with Crippen molar-refractivity contribution in [1.82, 2.24) is 24.9 Å². The molecule has 0 aliphatic carbocycles. The minimum Gasteiger partial charge on any atom is -0.339 e. The van der Waals surface area contributed by atoms with Crippen molar-refractivity contribution in [1.29, 1.82) is 0 Å². The summed E-state index contributed by atoms with van der Waals surface area (Å²) in [5.41, 5.74) is 0.651. The van der Waals surface area contributed by atoms with Crippen LogP contribution in [-0.4, -0.2) is 24.9 Å². The van der Waals surface area contributed by atoms with E-state index >= 15 is 0 Å². The Balaban J connectivity index is 1.90. The second kappa shape index (κ2) is 4.52. The third-order valence-electron chi connectivity index (χ3n) is 2.56. The predicted molar refractivity (Wildman–Crippen MR) is 68.8 cm³/mol. The first-order valence-electron chi connectivity index (χ1n) is 5.75. The SMILES string of the molecule is Cc1nc(-c2cc(Nc3ccccn3)n(C)n2)no1. The number of nitrogens with one attached hydrogen (secondary N) is 1. The Hall–Kier alpha value is -2.70. The Morgan fingerprint density at radius 1 is 1.32 bits per heavy atom. The first-order chi connectivity index (χ1) is 9.22. The Bertz CT molecular complexity index is 687. The van der Waals surface area contributed by atoms with E-state index in [1.54, 1.807) is 17.8 Å². The molecule has 0 aliphatic rings. The van der Waals surface area contributed by atoms with E-state index in [4.69, 9.17) is 4.52 Å². The van der Waals surface area contributed by atoms with Crippen molar-refractivity contribution in [2.75, 3.05) is 5.32 Å². The lowest BCUT2D eigenvalue weighted by Gasteiger charge is -2.03. The number of rotatable bonds is 3. The molecule has 0 unspecified atom stereocenters. The van der Waals surface area contributed by atoms with E-state index in [1.807, 2.05) is 31.3 Å². The molecule has 0 bridgehead atoms. The highest BCUT2D eigenvalue weighted by Gasteiger charge is 2.12. The summed E-state index contributed by atoms with van der Waals surface area (Å²) in [5, 5.41) is 11.3. The molecule has 7 heteroatoms. The Kier molecular flexibility index (Phi) is 2.71. The van der Waals surface area contributed by atoms with Gasteiger partial charge < -0.3 is 9.84 Å². The molecule has 0 amide bonds. The number of nitrogens with zero attached hydrogens (tertiary/aromatic N) is 5. The topological polar surface area (TPSA) is 81.7 Å². The van der Waals surface area contributed by atoms with Crippen LogP contribution in [0.3, 0.4) is 0 Å². The molecule has 3 heterocycles. The monoisotopic (exact) mass is 256 g/mol. The number of anilines is 2. The minimum absolute atomic E-state index is 0.474. The maximum absolute atomic E-state index is 4.94. The Labute approximate surface area is 109 Å². The van der Waals surface area contributed by atoms with Crippen molar-refractivity contribution >= 4 is 11.6 Å². The zero-order valence-corrected chi connectivity index (χ0v) is 10.5. The molecule has 3 aromatic heterocycles. The third-order valence-corrected chi connectivity index (χ3v) is 2.56. The van der Waals surface area contributed by atoms with Gasteiger partial charge in [0.1, 0.15) is 17.3 Å². The van der Waals surface area contributed by atoms with Gasteiger partial charge in [-0.1, -0.05) is 11.2 Å². The zero-order valence-electron chi connectivity index (χ0n) is 10.5. The zero-order chi connectivity index (χ0) is 13.2. The molecule has 7 nitrogen and oxygen atoms in total. The minimum atomic E-state index is 0.474. The highest BCUT2D eigenvalue weighted by molar-refractivity contribution is 5.60. The van der Waals surface area contributed by atoms with Crippen LogP contribution in [0.2, 0.25) is 0 Å². The smallest absolute Gasteiger partial charge is 0.223 e. The van der Waals surface area contributed by atoms with Crippen LogP contribution in [0.25, 0.3) is 11.5 Å². The van der Waals surface area contributed by atoms with Crippen molar-refractivity contribution in [2.24, 2.45) is 7.05 Å². The average Bonchev–Trinajstić information content (AvgIpc) is 2.98. The van der Waals surface area contributed by atoms with Gasteiger partial charge in [0.25, 0.3) is 0 Å². The lowest BCUT2D eigenvalue weighted by Crippen LogP contribution is -2.00. The average molecular weight is 256 g/mol. The van der Waals surface area contributed by atoms with Crippen molar-refractivity contribution in [2.45, 2.75) is 6.92 Å². The lowest BCUT2D eigenvalue weighted by atomic mass is 10.4. The number of aromatic nitrogens is 5. The lowest BCUT2D eigenvalue weighted by molar-refractivity contribution is 0.394. The largest absolute Gasteiger partial charge is 0.339 e. The highest BCUT2D eigenvalue weighted by atomic mass is 16.5. The third kappa shape index (κ3) is 2.30. The van der Waals surface area contributed by atoms with Crippen LogP contribution < -0.4 is 5.32 Å². The molecular weight excluding hydrogens is 244 g/mol. The summed E-state index contributed by atoms with van der Waals surface area (Å²) in [6.07, 6.45) is 1.72. The van der Waals surface area contributed by atoms with E-state index in [0.717, 1.165) is 11.6 Å².